The number of aromatic nitrogens is 2. The molecular weight excluding hydrogens is 332 g/mol. The molecule has 7 nitrogen and oxygen atoms in total. The number of carbonyl (C=O) groups is 2. The number of hydrogen-bond donors (Lipinski definition) is 2. The first-order chi connectivity index (χ1) is 12.5. The van der Waals surface area contributed by atoms with Gasteiger partial charge in [0, 0.05) is 19.2 Å². The van der Waals surface area contributed by atoms with Crippen LogP contribution in [0, 0.1) is 5.92 Å². The van der Waals surface area contributed by atoms with Crippen LogP contribution in [-0.2, 0) is 11.2 Å². The average Bonchev–Trinajstić information content (AvgIpc) is 2.65. The van der Waals surface area contributed by atoms with Crippen LogP contribution in [0.4, 0.5) is 5.69 Å². The minimum Gasteiger partial charge on any atom is -0.476 e. The molecule has 0 radical (unpaired) electrons. The Labute approximate surface area is 153 Å². The fraction of sp³-hybridized carbons (Fsp3) is 0.368. The lowest BCUT2D eigenvalue weighted by Crippen LogP contribution is -2.18. The van der Waals surface area contributed by atoms with Crippen LogP contribution >= 0.6 is 0 Å². The molecule has 2 aromatic rings. The molecule has 138 valence electrons. The summed E-state index contributed by atoms with van der Waals surface area (Å²) in [4.78, 5) is 31.8. The van der Waals surface area contributed by atoms with E-state index in [1.165, 1.54) is 12.4 Å². The van der Waals surface area contributed by atoms with Crippen molar-refractivity contribution in [2.45, 2.75) is 26.7 Å². The van der Waals surface area contributed by atoms with E-state index in [1.807, 2.05) is 32.0 Å². The molecule has 2 rings (SSSR count). The summed E-state index contributed by atoms with van der Waals surface area (Å²) < 4.78 is 5.45. The minimum absolute atomic E-state index is 0.0190. The number of anilines is 1. The van der Waals surface area contributed by atoms with Crippen LogP contribution in [0.1, 0.15) is 36.3 Å². The van der Waals surface area contributed by atoms with Gasteiger partial charge in [0.1, 0.15) is 5.69 Å². The van der Waals surface area contributed by atoms with Gasteiger partial charge in [-0.15, -0.1) is 0 Å². The van der Waals surface area contributed by atoms with E-state index in [9.17, 15) is 9.59 Å². The highest BCUT2D eigenvalue weighted by Gasteiger charge is 2.10. The number of benzene rings is 1. The monoisotopic (exact) mass is 356 g/mol. The van der Waals surface area contributed by atoms with Crippen molar-refractivity contribution in [3.05, 3.63) is 47.9 Å². The maximum atomic E-state index is 12.3. The molecule has 1 aromatic heterocycles. The predicted molar refractivity (Wildman–Crippen MR) is 99.1 cm³/mol. The largest absolute Gasteiger partial charge is 0.476 e. The molecule has 0 aliphatic heterocycles. The van der Waals surface area contributed by atoms with Crippen LogP contribution in [0.5, 0.6) is 5.88 Å². The zero-order valence-electron chi connectivity index (χ0n) is 15.3. The number of amides is 2. The second-order valence-corrected chi connectivity index (χ2v) is 6.27. The van der Waals surface area contributed by atoms with Crippen LogP contribution in [0.25, 0.3) is 0 Å². The van der Waals surface area contributed by atoms with E-state index in [2.05, 4.69) is 20.6 Å². The molecule has 0 spiro atoms. The summed E-state index contributed by atoms with van der Waals surface area (Å²) in [5.41, 5.74) is 1.82. The highest BCUT2D eigenvalue weighted by atomic mass is 16.5. The van der Waals surface area contributed by atoms with E-state index < -0.39 is 0 Å². The van der Waals surface area contributed by atoms with Crippen molar-refractivity contribution in [2.24, 2.45) is 5.92 Å². The van der Waals surface area contributed by atoms with Gasteiger partial charge >= 0.3 is 0 Å². The van der Waals surface area contributed by atoms with E-state index in [-0.39, 0.29) is 17.5 Å². The molecular formula is C19H24N4O3. The Morgan fingerprint density at radius 2 is 2.00 bits per heavy atom. The Hall–Kier alpha value is -2.96. The summed E-state index contributed by atoms with van der Waals surface area (Å²) in [7, 11) is 1.61. The molecule has 0 bridgehead atoms. The Balaban J connectivity index is 1.95. The van der Waals surface area contributed by atoms with Crippen molar-refractivity contribution in [1.29, 1.82) is 0 Å². The van der Waals surface area contributed by atoms with Gasteiger partial charge in [0.05, 0.1) is 19.0 Å². The van der Waals surface area contributed by atoms with E-state index >= 15 is 0 Å². The van der Waals surface area contributed by atoms with Gasteiger partial charge in [0.15, 0.2) is 0 Å². The third kappa shape index (κ3) is 6.16. The SMILES string of the molecule is CNC(=O)CCc1cccc(NC(=O)c2cnc(OCC(C)C)cn2)c1. The quantitative estimate of drug-likeness (QED) is 0.758. The molecule has 0 saturated carbocycles. The number of ether oxygens (including phenoxy) is 1. The summed E-state index contributed by atoms with van der Waals surface area (Å²) in [6.45, 7) is 4.62. The van der Waals surface area contributed by atoms with Gasteiger partial charge in [0.25, 0.3) is 5.91 Å². The highest BCUT2D eigenvalue weighted by Crippen LogP contribution is 2.14. The second kappa shape index (κ2) is 9.50. The Morgan fingerprint density at radius 3 is 2.65 bits per heavy atom. The first kappa shape index (κ1) is 19.4. The summed E-state index contributed by atoms with van der Waals surface area (Å²) in [6, 6.07) is 7.38. The predicted octanol–water partition coefficient (Wildman–Crippen LogP) is 2.44. The first-order valence-corrected chi connectivity index (χ1v) is 8.53. The van der Waals surface area contributed by atoms with Gasteiger partial charge in [-0.1, -0.05) is 26.0 Å². The molecule has 0 aliphatic rings. The summed E-state index contributed by atoms with van der Waals surface area (Å²) >= 11 is 0. The summed E-state index contributed by atoms with van der Waals surface area (Å²) in [5, 5.41) is 5.38. The minimum atomic E-state index is -0.351. The zero-order valence-corrected chi connectivity index (χ0v) is 15.3. The van der Waals surface area contributed by atoms with E-state index in [0.29, 0.717) is 36.9 Å². The zero-order chi connectivity index (χ0) is 18.9. The lowest BCUT2D eigenvalue weighted by molar-refractivity contribution is -0.120. The average molecular weight is 356 g/mol. The number of nitrogens with zero attached hydrogens (tertiary/aromatic N) is 2. The van der Waals surface area contributed by atoms with Gasteiger partial charge in [0.2, 0.25) is 11.8 Å². The smallest absolute Gasteiger partial charge is 0.275 e. The molecule has 0 unspecified atom stereocenters. The topological polar surface area (TPSA) is 93.2 Å². The number of nitrogens with one attached hydrogen (secondary N) is 2. The molecule has 7 heteroatoms. The van der Waals surface area contributed by atoms with Crippen molar-refractivity contribution in [3.8, 4) is 5.88 Å². The maximum Gasteiger partial charge on any atom is 0.275 e. The molecule has 2 N–H and O–H groups in total. The molecule has 0 aliphatic carbocycles. The van der Waals surface area contributed by atoms with Crippen molar-refractivity contribution in [3.63, 3.8) is 0 Å². The summed E-state index contributed by atoms with van der Waals surface area (Å²) in [5.74, 6) is 0.410. The normalized spacial score (nSPS) is 10.5. The fourth-order valence-electron chi connectivity index (χ4n) is 2.14. The lowest BCUT2D eigenvalue weighted by atomic mass is 10.1. The van der Waals surface area contributed by atoms with Gasteiger partial charge in [-0.2, -0.15) is 0 Å². The van der Waals surface area contributed by atoms with E-state index in [0.717, 1.165) is 5.56 Å². The standard InChI is InChI=1S/C19H24N4O3/c1-13(2)12-26-18-11-21-16(10-22-18)19(25)23-15-6-4-5-14(9-15)7-8-17(24)20-3/h4-6,9-11,13H,7-8,12H2,1-3H3,(H,20,24)(H,23,25). The number of hydrogen-bond acceptors (Lipinski definition) is 5. The molecule has 0 saturated heterocycles. The van der Waals surface area contributed by atoms with Crippen LogP contribution < -0.4 is 15.4 Å². The van der Waals surface area contributed by atoms with E-state index in [4.69, 9.17) is 4.74 Å². The Bertz CT molecular complexity index is 745. The lowest BCUT2D eigenvalue weighted by Gasteiger charge is -2.09. The van der Waals surface area contributed by atoms with Gasteiger partial charge in [-0.25, -0.2) is 9.97 Å². The highest BCUT2D eigenvalue weighted by molar-refractivity contribution is 6.02. The van der Waals surface area contributed by atoms with Crippen LogP contribution in [0.3, 0.4) is 0 Å². The number of aryl methyl sites for hydroxylation is 1. The van der Waals surface area contributed by atoms with Crippen molar-refractivity contribution >= 4 is 17.5 Å². The Kier molecular flexibility index (Phi) is 7.08. The van der Waals surface area contributed by atoms with Crippen LogP contribution in [0.2, 0.25) is 0 Å². The molecule has 1 heterocycles. The van der Waals surface area contributed by atoms with Gasteiger partial charge in [-0.05, 0) is 30.0 Å². The number of rotatable bonds is 8. The van der Waals surface area contributed by atoms with Gasteiger partial charge in [-0.3, -0.25) is 9.59 Å². The fourth-order valence-corrected chi connectivity index (χ4v) is 2.14. The molecule has 0 fully saturated rings. The second-order valence-electron chi connectivity index (χ2n) is 6.27. The van der Waals surface area contributed by atoms with Crippen molar-refractivity contribution in [1.82, 2.24) is 15.3 Å². The van der Waals surface area contributed by atoms with Crippen molar-refractivity contribution < 1.29 is 14.3 Å². The van der Waals surface area contributed by atoms with Crippen molar-refractivity contribution in [2.75, 3.05) is 19.0 Å². The van der Waals surface area contributed by atoms with Crippen LogP contribution in [0.15, 0.2) is 36.7 Å². The maximum absolute atomic E-state index is 12.3. The molecule has 0 atom stereocenters. The van der Waals surface area contributed by atoms with E-state index in [1.54, 1.807) is 13.1 Å². The first-order valence-electron chi connectivity index (χ1n) is 8.53. The molecule has 2 amide bonds. The van der Waals surface area contributed by atoms with Crippen LogP contribution in [-0.4, -0.2) is 35.4 Å². The number of carbonyl (C=O) groups excluding carboxylic acids is 2. The third-order valence-electron chi connectivity index (χ3n) is 3.53. The molecule has 1 aromatic carbocycles. The van der Waals surface area contributed by atoms with Gasteiger partial charge < -0.3 is 15.4 Å². The Morgan fingerprint density at radius 1 is 1.19 bits per heavy atom. The summed E-state index contributed by atoms with van der Waals surface area (Å²) in [6.07, 6.45) is 3.83. The molecule has 26 heavy (non-hydrogen) atoms. The third-order valence-corrected chi connectivity index (χ3v) is 3.53.